The van der Waals surface area contributed by atoms with Gasteiger partial charge in [0.15, 0.2) is 0 Å². The molecule has 0 aromatic carbocycles. The van der Waals surface area contributed by atoms with Crippen molar-refractivity contribution in [1.29, 1.82) is 0 Å². The van der Waals surface area contributed by atoms with Gasteiger partial charge in [-0.15, -0.1) is 0 Å². The van der Waals surface area contributed by atoms with Crippen molar-refractivity contribution in [2.24, 2.45) is 0 Å². The first-order valence-corrected chi connectivity index (χ1v) is 14.7. The van der Waals surface area contributed by atoms with Crippen molar-refractivity contribution in [3.8, 4) is 0 Å². The number of rotatable bonds is 13. The van der Waals surface area contributed by atoms with Crippen LogP contribution in [0, 0.1) is 0 Å². The van der Waals surface area contributed by atoms with Gasteiger partial charge in [-0.2, -0.15) is 0 Å². The van der Waals surface area contributed by atoms with E-state index in [-0.39, 0.29) is 0 Å². The standard InChI is InChI=1S/C17H37OSi2/c1-19(2)18-16-14-12-10-8-6-7-9-11-13-15-17-20(3,4)5/h14,16H,6-13,15,17H2,1-5H3/b16-14+. The number of allylic oxidation sites excluding steroid dienone is 1. The quantitative estimate of drug-likeness (QED) is 0.211. The molecule has 0 heterocycles. The molecule has 0 saturated heterocycles. The second kappa shape index (κ2) is 12.7. The highest BCUT2D eigenvalue weighted by molar-refractivity contribution is 6.76. The van der Waals surface area contributed by atoms with E-state index in [1.807, 2.05) is 6.26 Å². The molecule has 1 nitrogen and oxygen atoms in total. The molecule has 0 saturated carbocycles. The maximum absolute atomic E-state index is 5.47. The zero-order valence-electron chi connectivity index (χ0n) is 14.6. The maximum atomic E-state index is 5.47. The van der Waals surface area contributed by atoms with Gasteiger partial charge in [0.1, 0.15) is 0 Å². The van der Waals surface area contributed by atoms with Crippen LogP contribution in [0.4, 0.5) is 0 Å². The van der Waals surface area contributed by atoms with Gasteiger partial charge in [0, 0.05) is 8.07 Å². The van der Waals surface area contributed by atoms with E-state index in [9.17, 15) is 0 Å². The Morgan fingerprint density at radius 1 is 0.800 bits per heavy atom. The van der Waals surface area contributed by atoms with Crippen molar-refractivity contribution in [3.63, 3.8) is 0 Å². The summed E-state index contributed by atoms with van der Waals surface area (Å²) in [6.07, 6.45) is 16.7. The third-order valence-electron chi connectivity index (χ3n) is 3.45. The average Bonchev–Trinajstić information content (AvgIpc) is 2.33. The van der Waals surface area contributed by atoms with Crippen LogP contribution >= 0.6 is 0 Å². The summed E-state index contributed by atoms with van der Waals surface area (Å²) in [7, 11) is -1.32. The van der Waals surface area contributed by atoms with Gasteiger partial charge < -0.3 is 4.43 Å². The van der Waals surface area contributed by atoms with Crippen LogP contribution in [0.3, 0.4) is 0 Å². The van der Waals surface area contributed by atoms with E-state index in [2.05, 4.69) is 38.8 Å². The topological polar surface area (TPSA) is 9.23 Å². The van der Waals surface area contributed by atoms with Gasteiger partial charge in [-0.25, -0.2) is 0 Å². The van der Waals surface area contributed by atoms with Crippen LogP contribution in [0.1, 0.15) is 57.8 Å². The lowest BCUT2D eigenvalue weighted by molar-refractivity contribution is 0.496. The SMILES string of the molecule is C[Si](C)O/C=C/CCCCCCCCCC[Si](C)(C)C. The average molecular weight is 314 g/mol. The zero-order chi connectivity index (χ0) is 15.3. The second-order valence-corrected chi connectivity index (χ2v) is 15.0. The van der Waals surface area contributed by atoms with Gasteiger partial charge in [0.05, 0.1) is 6.26 Å². The molecule has 0 spiro atoms. The van der Waals surface area contributed by atoms with Crippen LogP contribution in [0.25, 0.3) is 0 Å². The van der Waals surface area contributed by atoms with Crippen molar-refractivity contribution < 1.29 is 4.43 Å². The number of hydrogen-bond donors (Lipinski definition) is 0. The summed E-state index contributed by atoms with van der Waals surface area (Å²) in [6.45, 7) is 11.8. The minimum absolute atomic E-state index is 0.540. The van der Waals surface area contributed by atoms with E-state index >= 15 is 0 Å². The van der Waals surface area contributed by atoms with E-state index in [1.165, 1.54) is 63.8 Å². The maximum Gasteiger partial charge on any atom is 0.273 e. The molecule has 0 rings (SSSR count). The first-order valence-electron chi connectivity index (χ1n) is 8.53. The molecule has 119 valence electrons. The van der Waals surface area contributed by atoms with Gasteiger partial charge in [0.2, 0.25) is 0 Å². The van der Waals surface area contributed by atoms with E-state index in [0.717, 1.165) is 0 Å². The lowest BCUT2D eigenvalue weighted by atomic mass is 10.1. The zero-order valence-corrected chi connectivity index (χ0v) is 16.6. The molecule has 0 amide bonds. The molecular weight excluding hydrogens is 276 g/mol. The van der Waals surface area contributed by atoms with Gasteiger partial charge in [-0.05, 0) is 25.9 Å². The first kappa shape index (κ1) is 20.0. The Morgan fingerprint density at radius 3 is 1.80 bits per heavy atom. The fourth-order valence-corrected chi connectivity index (χ4v) is 3.91. The van der Waals surface area contributed by atoms with Crippen LogP contribution in [-0.4, -0.2) is 17.1 Å². The van der Waals surface area contributed by atoms with Crippen LogP contribution in [-0.2, 0) is 4.43 Å². The third kappa shape index (κ3) is 18.0. The van der Waals surface area contributed by atoms with E-state index in [4.69, 9.17) is 4.43 Å². The summed E-state index contributed by atoms with van der Waals surface area (Å²) in [5, 5.41) is 0. The molecule has 0 aliphatic heterocycles. The van der Waals surface area contributed by atoms with Gasteiger partial charge in [0.25, 0.3) is 9.04 Å². The summed E-state index contributed by atoms with van der Waals surface area (Å²) in [5.74, 6) is 0. The van der Waals surface area contributed by atoms with Crippen molar-refractivity contribution in [2.45, 2.75) is 96.6 Å². The second-order valence-electron chi connectivity index (χ2n) is 7.33. The highest BCUT2D eigenvalue weighted by Crippen LogP contribution is 2.16. The molecule has 0 fully saturated rings. The predicted octanol–water partition coefficient (Wildman–Crippen LogP) is 6.62. The Morgan fingerprint density at radius 2 is 1.30 bits per heavy atom. The van der Waals surface area contributed by atoms with Crippen molar-refractivity contribution in [3.05, 3.63) is 12.3 Å². The molecule has 0 atom stereocenters. The molecule has 0 aliphatic carbocycles. The normalized spacial score (nSPS) is 12.5. The van der Waals surface area contributed by atoms with Gasteiger partial charge in [-0.1, -0.05) is 76.7 Å². The summed E-state index contributed by atoms with van der Waals surface area (Å²) in [4.78, 5) is 0. The highest BCUT2D eigenvalue weighted by atomic mass is 28.3. The Kier molecular flexibility index (Phi) is 12.7. The molecule has 0 N–H and O–H groups in total. The van der Waals surface area contributed by atoms with E-state index in [1.54, 1.807) is 0 Å². The molecule has 3 heteroatoms. The van der Waals surface area contributed by atoms with E-state index < -0.39 is 17.1 Å². The molecular formula is C17H37OSi2. The summed E-state index contributed by atoms with van der Waals surface area (Å²) in [6, 6.07) is 1.51. The third-order valence-corrected chi connectivity index (χ3v) is 5.91. The molecule has 20 heavy (non-hydrogen) atoms. The molecule has 0 aliphatic rings. The van der Waals surface area contributed by atoms with Crippen molar-refractivity contribution >= 4 is 17.1 Å². The molecule has 1 radical (unpaired) electrons. The Balaban J connectivity index is 3.12. The monoisotopic (exact) mass is 313 g/mol. The minimum atomic E-state index is -0.777. The van der Waals surface area contributed by atoms with Crippen molar-refractivity contribution in [1.82, 2.24) is 0 Å². The van der Waals surface area contributed by atoms with Crippen molar-refractivity contribution in [2.75, 3.05) is 0 Å². The lowest BCUT2D eigenvalue weighted by Gasteiger charge is -2.14. The first-order chi connectivity index (χ1) is 9.42. The number of unbranched alkanes of at least 4 members (excludes halogenated alkanes) is 8. The molecule has 0 aromatic heterocycles. The van der Waals surface area contributed by atoms with Crippen LogP contribution in [0.2, 0.25) is 38.8 Å². The van der Waals surface area contributed by atoms with Crippen LogP contribution in [0.5, 0.6) is 0 Å². The fourth-order valence-electron chi connectivity index (χ4n) is 2.23. The fraction of sp³-hybridized carbons (Fsp3) is 0.882. The molecule has 0 bridgehead atoms. The summed E-state index contributed by atoms with van der Waals surface area (Å²) in [5.41, 5.74) is 0. The molecule has 0 aromatic rings. The minimum Gasteiger partial charge on any atom is -0.548 e. The number of hydrogen-bond acceptors (Lipinski definition) is 1. The van der Waals surface area contributed by atoms with Crippen LogP contribution < -0.4 is 0 Å². The van der Waals surface area contributed by atoms with Gasteiger partial charge >= 0.3 is 0 Å². The largest absolute Gasteiger partial charge is 0.548 e. The summed E-state index contributed by atoms with van der Waals surface area (Å²) >= 11 is 0. The van der Waals surface area contributed by atoms with Crippen LogP contribution in [0.15, 0.2) is 12.3 Å². The summed E-state index contributed by atoms with van der Waals surface area (Å²) < 4.78 is 5.47. The highest BCUT2D eigenvalue weighted by Gasteiger charge is 2.11. The van der Waals surface area contributed by atoms with Gasteiger partial charge in [-0.3, -0.25) is 0 Å². The molecule has 0 unspecified atom stereocenters. The predicted molar refractivity (Wildman–Crippen MR) is 97.4 cm³/mol. The Bertz CT molecular complexity index is 232. The smallest absolute Gasteiger partial charge is 0.273 e. The Hall–Kier alpha value is -0.0262. The van der Waals surface area contributed by atoms with E-state index in [0.29, 0.717) is 0 Å². The Labute approximate surface area is 130 Å². The lowest BCUT2D eigenvalue weighted by Crippen LogP contribution is -2.18.